The molecule has 1 heterocycles. The number of ether oxygens (including phenoxy) is 3. The van der Waals surface area contributed by atoms with E-state index in [1.54, 1.807) is 6.07 Å². The Kier molecular flexibility index (Phi) is 9.37. The van der Waals surface area contributed by atoms with E-state index in [4.69, 9.17) is 37.5 Å². The van der Waals surface area contributed by atoms with Crippen LogP contribution >= 0.6 is 22.9 Å². The average Bonchev–Trinajstić information content (AvgIpc) is 3.33. The SMILES string of the molecule is C#CCOC(C(=O)NCCc1ccc(OCC#N)c(OC)c1)c1ccc(-c2ccc(Cl)cc2)s1. The fraction of sp³-hybridized carbons (Fsp3) is 0.231. The third-order valence-corrected chi connectivity index (χ3v) is 6.25. The number of rotatable bonds is 11. The molecule has 0 bridgehead atoms. The summed E-state index contributed by atoms with van der Waals surface area (Å²) in [6, 6.07) is 18.7. The number of nitrogens with zero attached hydrogens (tertiary/aromatic N) is 1. The highest BCUT2D eigenvalue weighted by atomic mass is 35.5. The number of carbonyl (C=O) groups is 1. The second kappa shape index (κ2) is 12.7. The maximum Gasteiger partial charge on any atom is 0.254 e. The fourth-order valence-electron chi connectivity index (χ4n) is 3.20. The molecule has 0 spiro atoms. The highest BCUT2D eigenvalue weighted by Gasteiger charge is 2.23. The summed E-state index contributed by atoms with van der Waals surface area (Å²) < 4.78 is 16.3. The van der Waals surface area contributed by atoms with Crippen LogP contribution in [0.25, 0.3) is 10.4 Å². The van der Waals surface area contributed by atoms with E-state index in [0.717, 1.165) is 20.9 Å². The van der Waals surface area contributed by atoms with Gasteiger partial charge in [0.25, 0.3) is 5.91 Å². The topological polar surface area (TPSA) is 80.6 Å². The lowest BCUT2D eigenvalue weighted by atomic mass is 10.1. The summed E-state index contributed by atoms with van der Waals surface area (Å²) >= 11 is 7.45. The van der Waals surface area contributed by atoms with Gasteiger partial charge in [0.05, 0.1) is 7.11 Å². The molecule has 8 heteroatoms. The van der Waals surface area contributed by atoms with E-state index in [1.165, 1.54) is 18.4 Å². The third-order valence-electron chi connectivity index (χ3n) is 4.82. The molecule has 174 valence electrons. The molecule has 1 atom stereocenters. The predicted molar refractivity (Wildman–Crippen MR) is 133 cm³/mol. The Morgan fingerprint density at radius 2 is 1.94 bits per heavy atom. The first-order chi connectivity index (χ1) is 16.5. The lowest BCUT2D eigenvalue weighted by Gasteiger charge is -2.15. The number of benzene rings is 2. The van der Waals surface area contributed by atoms with E-state index < -0.39 is 6.10 Å². The van der Waals surface area contributed by atoms with E-state index in [2.05, 4.69) is 11.2 Å². The zero-order chi connectivity index (χ0) is 24.3. The number of nitriles is 1. The van der Waals surface area contributed by atoms with Gasteiger partial charge in [0.15, 0.2) is 24.2 Å². The molecule has 0 aliphatic heterocycles. The Labute approximate surface area is 208 Å². The third kappa shape index (κ3) is 6.76. The van der Waals surface area contributed by atoms with Crippen LogP contribution in [0, 0.1) is 23.7 Å². The summed E-state index contributed by atoms with van der Waals surface area (Å²) in [5, 5.41) is 12.3. The largest absolute Gasteiger partial charge is 0.493 e. The minimum Gasteiger partial charge on any atom is -0.493 e. The minimum atomic E-state index is -0.807. The van der Waals surface area contributed by atoms with Gasteiger partial charge in [-0.3, -0.25) is 4.79 Å². The van der Waals surface area contributed by atoms with Gasteiger partial charge >= 0.3 is 0 Å². The summed E-state index contributed by atoms with van der Waals surface area (Å²) in [5.41, 5.74) is 1.96. The normalized spacial score (nSPS) is 11.2. The van der Waals surface area contributed by atoms with E-state index >= 15 is 0 Å². The van der Waals surface area contributed by atoms with Crippen LogP contribution in [0.1, 0.15) is 16.5 Å². The molecule has 0 saturated heterocycles. The molecule has 3 rings (SSSR count). The number of hydrogen-bond acceptors (Lipinski definition) is 6. The molecular formula is C26H23ClN2O4S. The van der Waals surface area contributed by atoms with Crippen LogP contribution in [0.2, 0.25) is 5.02 Å². The van der Waals surface area contributed by atoms with Crippen molar-refractivity contribution in [2.75, 3.05) is 26.9 Å². The van der Waals surface area contributed by atoms with Crippen molar-refractivity contribution in [2.45, 2.75) is 12.5 Å². The quantitative estimate of drug-likeness (QED) is 0.378. The Hall–Kier alpha value is -3.49. The van der Waals surface area contributed by atoms with Crippen molar-refractivity contribution in [3.63, 3.8) is 0 Å². The zero-order valence-corrected chi connectivity index (χ0v) is 20.1. The van der Waals surface area contributed by atoms with Crippen molar-refractivity contribution in [3.05, 3.63) is 70.1 Å². The van der Waals surface area contributed by atoms with Crippen molar-refractivity contribution in [3.8, 4) is 40.4 Å². The van der Waals surface area contributed by atoms with E-state index in [-0.39, 0.29) is 19.1 Å². The standard InChI is InChI=1S/C26H23ClN2O4S/c1-3-15-33-25(24-11-10-23(34-24)19-5-7-20(27)8-6-19)26(30)29-14-12-18-4-9-21(32-16-13-28)22(17-18)31-2/h1,4-11,17,25H,12,14-16H2,2H3,(H,29,30). The summed E-state index contributed by atoms with van der Waals surface area (Å²) in [7, 11) is 1.53. The van der Waals surface area contributed by atoms with Crippen LogP contribution in [0.15, 0.2) is 54.6 Å². The highest BCUT2D eigenvalue weighted by molar-refractivity contribution is 7.15. The first-order valence-electron chi connectivity index (χ1n) is 10.4. The highest BCUT2D eigenvalue weighted by Crippen LogP contribution is 2.33. The number of nitrogens with one attached hydrogen (secondary N) is 1. The predicted octanol–water partition coefficient (Wildman–Crippen LogP) is 5.03. The molecule has 0 fully saturated rings. The summed E-state index contributed by atoms with van der Waals surface area (Å²) in [6.45, 7) is 0.354. The fourth-order valence-corrected chi connectivity index (χ4v) is 4.39. The molecule has 3 aromatic rings. The summed E-state index contributed by atoms with van der Waals surface area (Å²) in [5.74, 6) is 3.19. The number of hydrogen-bond donors (Lipinski definition) is 1. The molecule has 0 aliphatic rings. The van der Waals surface area contributed by atoms with Gasteiger partial charge in [0.2, 0.25) is 0 Å². The van der Waals surface area contributed by atoms with Crippen LogP contribution in [0.4, 0.5) is 0 Å². The number of amides is 1. The monoisotopic (exact) mass is 494 g/mol. The van der Waals surface area contributed by atoms with Crippen LogP contribution in [0.3, 0.4) is 0 Å². The first kappa shape index (κ1) is 25.1. The molecule has 1 unspecified atom stereocenters. The van der Waals surface area contributed by atoms with Gasteiger partial charge in [-0.2, -0.15) is 5.26 Å². The number of thiophene rings is 1. The number of terminal acetylenes is 1. The molecule has 1 amide bonds. The van der Waals surface area contributed by atoms with Crippen molar-refractivity contribution < 1.29 is 19.0 Å². The molecule has 1 N–H and O–H groups in total. The number of methoxy groups -OCH3 is 1. The van der Waals surface area contributed by atoms with E-state index in [1.807, 2.05) is 54.6 Å². The maximum absolute atomic E-state index is 12.9. The van der Waals surface area contributed by atoms with Crippen LogP contribution < -0.4 is 14.8 Å². The van der Waals surface area contributed by atoms with Crippen LogP contribution in [-0.2, 0) is 16.0 Å². The zero-order valence-electron chi connectivity index (χ0n) is 18.5. The van der Waals surface area contributed by atoms with Gasteiger partial charge in [-0.25, -0.2) is 0 Å². The lowest BCUT2D eigenvalue weighted by Crippen LogP contribution is -2.32. The summed E-state index contributed by atoms with van der Waals surface area (Å²) in [6.07, 6.45) is 5.12. The van der Waals surface area contributed by atoms with Gasteiger partial charge < -0.3 is 19.5 Å². The molecule has 0 saturated carbocycles. The Bertz CT molecular complexity index is 1190. The Morgan fingerprint density at radius 1 is 1.15 bits per heavy atom. The van der Waals surface area contributed by atoms with E-state index in [0.29, 0.717) is 29.5 Å². The van der Waals surface area contributed by atoms with Crippen molar-refractivity contribution in [1.82, 2.24) is 5.32 Å². The number of carbonyl (C=O) groups excluding carboxylic acids is 1. The second-order valence-electron chi connectivity index (χ2n) is 7.08. The van der Waals surface area contributed by atoms with Gasteiger partial charge in [0.1, 0.15) is 12.7 Å². The molecular weight excluding hydrogens is 472 g/mol. The minimum absolute atomic E-state index is 0.0215. The van der Waals surface area contributed by atoms with Gasteiger partial charge in [-0.1, -0.05) is 35.7 Å². The second-order valence-corrected chi connectivity index (χ2v) is 8.63. The van der Waals surface area contributed by atoms with Crippen LogP contribution in [0.5, 0.6) is 11.5 Å². The molecule has 6 nitrogen and oxygen atoms in total. The lowest BCUT2D eigenvalue weighted by molar-refractivity contribution is -0.132. The van der Waals surface area contributed by atoms with Crippen molar-refractivity contribution in [2.24, 2.45) is 0 Å². The number of halogens is 1. The molecule has 0 radical (unpaired) electrons. The van der Waals surface area contributed by atoms with Crippen LogP contribution in [-0.4, -0.2) is 32.8 Å². The van der Waals surface area contributed by atoms with E-state index in [9.17, 15) is 4.79 Å². The Balaban J connectivity index is 1.64. The van der Waals surface area contributed by atoms with Crippen molar-refractivity contribution >= 4 is 28.8 Å². The van der Waals surface area contributed by atoms with Gasteiger partial charge in [0, 0.05) is 21.3 Å². The maximum atomic E-state index is 12.9. The molecule has 2 aromatic carbocycles. The molecule has 1 aromatic heterocycles. The first-order valence-corrected chi connectivity index (χ1v) is 11.6. The van der Waals surface area contributed by atoms with Crippen molar-refractivity contribution in [1.29, 1.82) is 5.26 Å². The summed E-state index contributed by atoms with van der Waals surface area (Å²) in [4.78, 5) is 14.7. The molecule has 0 aliphatic carbocycles. The van der Waals surface area contributed by atoms with Gasteiger partial charge in [-0.05, 0) is 53.9 Å². The van der Waals surface area contributed by atoms with Gasteiger partial charge in [-0.15, -0.1) is 17.8 Å². The Morgan fingerprint density at radius 3 is 2.65 bits per heavy atom. The molecule has 34 heavy (non-hydrogen) atoms. The average molecular weight is 495 g/mol. The smallest absolute Gasteiger partial charge is 0.254 e.